The minimum Gasteiger partial charge on any atom is -0.338 e. The molecule has 4 aromatic rings. The molecule has 12 heteroatoms. The molecule has 2 N–H and O–H groups in total. The van der Waals surface area contributed by atoms with Crippen LogP contribution < -0.4 is 10.0 Å². The van der Waals surface area contributed by atoms with E-state index in [1.807, 2.05) is 42.0 Å². The van der Waals surface area contributed by atoms with Gasteiger partial charge in [-0.15, -0.1) is 0 Å². The van der Waals surface area contributed by atoms with Gasteiger partial charge in [0.15, 0.2) is 5.65 Å². The molecule has 10 nitrogen and oxygen atoms in total. The molecule has 1 aliphatic heterocycles. The fourth-order valence-electron chi connectivity index (χ4n) is 4.81. The van der Waals surface area contributed by atoms with Crippen molar-refractivity contribution < 1.29 is 18.0 Å². The van der Waals surface area contributed by atoms with Gasteiger partial charge in [0.1, 0.15) is 16.9 Å². The van der Waals surface area contributed by atoms with Gasteiger partial charge in [-0.05, 0) is 55.9 Å². The van der Waals surface area contributed by atoms with Crippen LogP contribution >= 0.6 is 11.6 Å². The van der Waals surface area contributed by atoms with Crippen LogP contribution in [0.5, 0.6) is 0 Å². The Morgan fingerprint density at radius 2 is 1.77 bits per heavy atom. The molecule has 2 amide bonds. The Kier molecular flexibility index (Phi) is 7.77. The van der Waals surface area contributed by atoms with Crippen LogP contribution in [-0.4, -0.2) is 58.6 Å². The van der Waals surface area contributed by atoms with Crippen molar-refractivity contribution >= 4 is 50.6 Å². The minimum absolute atomic E-state index is 0.0434. The van der Waals surface area contributed by atoms with E-state index in [4.69, 9.17) is 11.6 Å². The summed E-state index contributed by atoms with van der Waals surface area (Å²) in [7, 11) is -3.80. The highest BCUT2D eigenvalue weighted by atomic mass is 35.5. The van der Waals surface area contributed by atoms with Crippen LogP contribution in [0.25, 0.3) is 5.65 Å². The first-order valence-corrected chi connectivity index (χ1v) is 15.0. The lowest BCUT2D eigenvalue weighted by Crippen LogP contribution is -2.38. The Bertz CT molecular complexity index is 1680. The Morgan fingerprint density at radius 3 is 2.48 bits per heavy atom. The fourth-order valence-corrected chi connectivity index (χ4v) is 5.51. The van der Waals surface area contributed by atoms with Crippen LogP contribution in [0, 0.1) is 6.92 Å². The molecule has 3 heterocycles. The van der Waals surface area contributed by atoms with Gasteiger partial charge in [0.2, 0.25) is 10.0 Å². The normalized spacial score (nSPS) is 14.3. The van der Waals surface area contributed by atoms with E-state index in [2.05, 4.69) is 27.5 Å². The molecular formula is C28H29ClN6O4S. The van der Waals surface area contributed by atoms with Gasteiger partial charge in [0, 0.05) is 19.3 Å². The third-order valence-corrected chi connectivity index (χ3v) is 8.64. The highest BCUT2D eigenvalue weighted by Crippen LogP contribution is 2.32. The van der Waals surface area contributed by atoms with Gasteiger partial charge in [-0.1, -0.05) is 48.0 Å². The van der Waals surface area contributed by atoms with E-state index in [1.54, 1.807) is 11.0 Å². The zero-order valence-corrected chi connectivity index (χ0v) is 23.7. The SMILES string of the molecule is CCS(=O)(=O)NC(=O)c1cnn2c(Nc3cc(C)ccc3Cl)c(C(=O)N3CCC(c4ccccc4)CC3)cnc12. The lowest BCUT2D eigenvalue weighted by atomic mass is 9.89. The first-order valence-electron chi connectivity index (χ1n) is 13.0. The number of carbonyl (C=O) groups is 2. The van der Waals surface area contributed by atoms with Crippen LogP contribution in [0.2, 0.25) is 5.02 Å². The Hall–Kier alpha value is -3.96. The second-order valence-corrected chi connectivity index (χ2v) is 12.2. The molecule has 208 valence electrons. The maximum absolute atomic E-state index is 13.8. The van der Waals surface area contributed by atoms with Crippen LogP contribution in [0.4, 0.5) is 11.5 Å². The number of rotatable bonds is 7. The maximum Gasteiger partial charge on any atom is 0.270 e. The van der Waals surface area contributed by atoms with Crippen LogP contribution in [0.3, 0.4) is 0 Å². The summed E-state index contributed by atoms with van der Waals surface area (Å²) >= 11 is 6.46. The van der Waals surface area contributed by atoms with Crippen molar-refractivity contribution in [3.63, 3.8) is 0 Å². The van der Waals surface area contributed by atoms with E-state index in [0.29, 0.717) is 29.7 Å². The molecule has 0 aliphatic carbocycles. The third-order valence-electron chi connectivity index (χ3n) is 7.06. The molecule has 0 unspecified atom stereocenters. The van der Waals surface area contributed by atoms with Crippen molar-refractivity contribution in [3.8, 4) is 0 Å². The molecule has 2 aromatic carbocycles. The average Bonchev–Trinajstić information content (AvgIpc) is 3.40. The van der Waals surface area contributed by atoms with Gasteiger partial charge in [-0.25, -0.2) is 18.1 Å². The molecular weight excluding hydrogens is 552 g/mol. The number of amides is 2. The van der Waals surface area contributed by atoms with E-state index in [0.717, 1.165) is 18.4 Å². The molecule has 0 radical (unpaired) electrons. The predicted molar refractivity (Wildman–Crippen MR) is 154 cm³/mol. The number of carbonyl (C=O) groups excluding carboxylic acids is 2. The number of sulfonamides is 1. The van der Waals surface area contributed by atoms with Gasteiger partial charge in [0.05, 0.1) is 22.7 Å². The number of aryl methyl sites for hydroxylation is 1. The molecule has 0 bridgehead atoms. The zero-order chi connectivity index (χ0) is 28.4. The molecule has 1 aliphatic rings. The Balaban J connectivity index is 1.51. The summed E-state index contributed by atoms with van der Waals surface area (Å²) in [6.07, 6.45) is 4.27. The summed E-state index contributed by atoms with van der Waals surface area (Å²) in [5, 5.41) is 7.96. The minimum atomic E-state index is -3.80. The first-order chi connectivity index (χ1) is 19.2. The van der Waals surface area contributed by atoms with Crippen LogP contribution in [-0.2, 0) is 10.0 Å². The second-order valence-electron chi connectivity index (χ2n) is 9.73. The van der Waals surface area contributed by atoms with Crippen LogP contribution in [0.1, 0.15) is 57.5 Å². The summed E-state index contributed by atoms with van der Waals surface area (Å²) < 4.78 is 27.3. The third kappa shape index (κ3) is 5.66. The van der Waals surface area contributed by atoms with Crippen molar-refractivity contribution in [3.05, 3.63) is 88.2 Å². The second kappa shape index (κ2) is 11.3. The van der Waals surface area contributed by atoms with Crippen molar-refractivity contribution in [1.29, 1.82) is 0 Å². The number of nitrogens with zero attached hydrogens (tertiary/aromatic N) is 4. The predicted octanol–water partition coefficient (Wildman–Crippen LogP) is 4.53. The van der Waals surface area contributed by atoms with E-state index in [-0.39, 0.29) is 34.3 Å². The molecule has 0 saturated carbocycles. The van der Waals surface area contributed by atoms with Gasteiger partial charge in [-0.2, -0.15) is 9.61 Å². The van der Waals surface area contributed by atoms with Gasteiger partial charge in [-0.3, -0.25) is 9.59 Å². The van der Waals surface area contributed by atoms with Crippen molar-refractivity contribution in [2.45, 2.75) is 32.6 Å². The van der Waals surface area contributed by atoms with E-state index < -0.39 is 15.9 Å². The number of likely N-dealkylation sites (tertiary alicyclic amines) is 1. The Labute approximate surface area is 237 Å². The molecule has 2 aromatic heterocycles. The lowest BCUT2D eigenvalue weighted by molar-refractivity contribution is 0.0713. The number of nitrogens with one attached hydrogen (secondary N) is 2. The summed E-state index contributed by atoms with van der Waals surface area (Å²) in [6, 6.07) is 15.7. The first kappa shape index (κ1) is 27.6. The summed E-state index contributed by atoms with van der Waals surface area (Å²) in [4.78, 5) is 32.8. The quantitative estimate of drug-likeness (QED) is 0.329. The molecule has 5 rings (SSSR count). The van der Waals surface area contributed by atoms with Crippen molar-refractivity contribution in [2.75, 3.05) is 24.2 Å². The topological polar surface area (TPSA) is 126 Å². The number of aromatic nitrogens is 3. The smallest absolute Gasteiger partial charge is 0.270 e. The standard InChI is InChI=1S/C28H29ClN6O4S/c1-3-40(38,39)33-27(36)21-17-31-35-25(21)30-16-22(26(35)32-24-15-18(2)9-10-23(24)29)28(37)34-13-11-20(12-14-34)19-7-5-4-6-8-19/h4-10,15-17,20,32H,3,11-14H2,1-2H3,(H,33,36). The summed E-state index contributed by atoms with van der Waals surface area (Å²) in [6.45, 7) is 4.49. The zero-order valence-electron chi connectivity index (χ0n) is 22.1. The summed E-state index contributed by atoms with van der Waals surface area (Å²) in [5.74, 6) is -0.705. The number of anilines is 2. The number of fused-ring (bicyclic) bond motifs is 1. The maximum atomic E-state index is 13.8. The molecule has 0 spiro atoms. The highest BCUT2D eigenvalue weighted by Gasteiger charge is 2.29. The van der Waals surface area contributed by atoms with Gasteiger partial charge < -0.3 is 10.2 Å². The fraction of sp³-hybridized carbons (Fsp3) is 0.286. The van der Waals surface area contributed by atoms with Crippen molar-refractivity contribution in [2.24, 2.45) is 0 Å². The summed E-state index contributed by atoms with van der Waals surface area (Å²) in [5.41, 5.74) is 3.05. The number of halogens is 1. The lowest BCUT2D eigenvalue weighted by Gasteiger charge is -2.32. The number of piperidine rings is 1. The monoisotopic (exact) mass is 580 g/mol. The number of hydrogen-bond donors (Lipinski definition) is 2. The van der Waals surface area contributed by atoms with Gasteiger partial charge in [0.25, 0.3) is 11.8 Å². The molecule has 40 heavy (non-hydrogen) atoms. The van der Waals surface area contributed by atoms with Gasteiger partial charge >= 0.3 is 0 Å². The van der Waals surface area contributed by atoms with E-state index >= 15 is 0 Å². The van der Waals surface area contributed by atoms with E-state index in [1.165, 1.54) is 29.4 Å². The Morgan fingerprint density at radius 1 is 1.05 bits per heavy atom. The molecule has 1 fully saturated rings. The number of benzene rings is 2. The molecule has 1 saturated heterocycles. The number of hydrogen-bond acceptors (Lipinski definition) is 7. The van der Waals surface area contributed by atoms with E-state index in [9.17, 15) is 18.0 Å². The highest BCUT2D eigenvalue weighted by molar-refractivity contribution is 7.90. The molecule has 0 atom stereocenters. The van der Waals surface area contributed by atoms with Crippen molar-refractivity contribution in [1.82, 2.24) is 24.2 Å². The van der Waals surface area contributed by atoms with Crippen LogP contribution in [0.15, 0.2) is 60.9 Å². The average molecular weight is 581 g/mol. The largest absolute Gasteiger partial charge is 0.338 e.